The number of likely N-dealkylation sites (tertiary alicyclic amines) is 1. The van der Waals surface area contributed by atoms with Gasteiger partial charge in [0.1, 0.15) is 0 Å². The number of hydrogen-bond donors (Lipinski definition) is 1. The Hall–Kier alpha value is -1.75. The van der Waals surface area contributed by atoms with E-state index in [-0.39, 0.29) is 12.1 Å². The molecule has 1 N–H and O–H groups in total. The number of amides is 2. The van der Waals surface area contributed by atoms with Gasteiger partial charge in [0.2, 0.25) is 0 Å². The second-order valence-electron chi connectivity index (χ2n) is 7.85. The third-order valence-corrected chi connectivity index (χ3v) is 6.00. The van der Waals surface area contributed by atoms with Crippen molar-refractivity contribution in [3.05, 3.63) is 29.8 Å². The first-order valence-electron chi connectivity index (χ1n) is 9.64. The maximum Gasteiger partial charge on any atom is 0.317 e. The van der Waals surface area contributed by atoms with E-state index in [4.69, 9.17) is 4.74 Å². The van der Waals surface area contributed by atoms with Gasteiger partial charge >= 0.3 is 6.03 Å². The zero-order valence-corrected chi connectivity index (χ0v) is 15.2. The smallest absolute Gasteiger partial charge is 0.317 e. The Balaban J connectivity index is 1.43. The molecule has 2 heterocycles. The molecule has 1 aromatic carbocycles. The van der Waals surface area contributed by atoms with Crippen LogP contribution in [0.2, 0.25) is 0 Å². The molecular weight excluding hydrogens is 314 g/mol. The van der Waals surface area contributed by atoms with Crippen molar-refractivity contribution in [1.29, 1.82) is 0 Å². The molecule has 1 atom stereocenters. The number of rotatable bonds is 3. The number of benzene rings is 1. The van der Waals surface area contributed by atoms with Crippen LogP contribution in [0.1, 0.15) is 44.2 Å². The average Bonchev–Trinajstić information content (AvgIpc) is 3.40. The Labute approximate surface area is 150 Å². The fourth-order valence-corrected chi connectivity index (χ4v) is 4.27. The van der Waals surface area contributed by atoms with Gasteiger partial charge in [-0.15, -0.1) is 0 Å². The second-order valence-corrected chi connectivity index (χ2v) is 7.85. The first-order chi connectivity index (χ1) is 12.2. The number of morpholine rings is 1. The molecule has 2 aliphatic heterocycles. The molecule has 3 aliphatic rings. The third kappa shape index (κ3) is 3.61. The molecule has 3 fully saturated rings. The molecule has 2 amide bonds. The monoisotopic (exact) mass is 343 g/mol. The molecule has 1 saturated carbocycles. The van der Waals surface area contributed by atoms with Crippen LogP contribution in [0.5, 0.6) is 0 Å². The maximum absolute atomic E-state index is 12.8. The Morgan fingerprint density at radius 1 is 1.16 bits per heavy atom. The van der Waals surface area contributed by atoms with Gasteiger partial charge in [0.05, 0.1) is 19.3 Å². The molecule has 1 aromatic rings. The van der Waals surface area contributed by atoms with Gasteiger partial charge in [0.25, 0.3) is 0 Å². The highest BCUT2D eigenvalue weighted by Gasteiger charge is 2.46. The summed E-state index contributed by atoms with van der Waals surface area (Å²) in [7, 11) is 0. The van der Waals surface area contributed by atoms with Crippen LogP contribution in [0, 0.1) is 5.41 Å². The fraction of sp³-hybridized carbons (Fsp3) is 0.650. The van der Waals surface area contributed by atoms with E-state index < -0.39 is 0 Å². The van der Waals surface area contributed by atoms with Crippen LogP contribution in [0.15, 0.2) is 24.3 Å². The largest absolute Gasteiger partial charge is 0.378 e. The average molecular weight is 343 g/mol. The standard InChI is InChI=1S/C20H29N3O2/c1-16(21-19(24)23-10-4-7-20(15-23)8-9-20)17-5-2-3-6-18(17)22-11-13-25-14-12-22/h2-3,5-6,16H,4,7-15H2,1H3,(H,21,24). The zero-order chi connectivity index (χ0) is 17.3. The lowest BCUT2D eigenvalue weighted by Crippen LogP contribution is -2.47. The molecular formula is C20H29N3O2. The zero-order valence-electron chi connectivity index (χ0n) is 15.2. The normalized spacial score (nSPS) is 23.4. The number of nitrogens with zero attached hydrogens (tertiary/aromatic N) is 2. The Morgan fingerprint density at radius 3 is 2.68 bits per heavy atom. The molecule has 4 rings (SSSR count). The molecule has 1 spiro atoms. The van der Waals surface area contributed by atoms with Gasteiger partial charge < -0.3 is 19.9 Å². The number of piperidine rings is 1. The molecule has 0 aromatic heterocycles. The van der Waals surface area contributed by atoms with Crippen molar-refractivity contribution in [2.75, 3.05) is 44.3 Å². The SMILES string of the molecule is CC(NC(=O)N1CCCC2(CC2)C1)c1ccccc1N1CCOCC1. The lowest BCUT2D eigenvalue weighted by atomic mass is 9.95. The van der Waals surface area contributed by atoms with Crippen molar-refractivity contribution in [3.8, 4) is 0 Å². The number of carbonyl (C=O) groups excluding carboxylic acids is 1. The summed E-state index contributed by atoms with van der Waals surface area (Å²) in [5, 5.41) is 3.24. The van der Waals surface area contributed by atoms with Crippen LogP contribution in [-0.2, 0) is 4.74 Å². The summed E-state index contributed by atoms with van der Waals surface area (Å²) >= 11 is 0. The molecule has 136 valence electrons. The van der Waals surface area contributed by atoms with Crippen molar-refractivity contribution in [1.82, 2.24) is 10.2 Å². The minimum absolute atomic E-state index is 0.00336. The van der Waals surface area contributed by atoms with Crippen LogP contribution in [-0.4, -0.2) is 50.3 Å². The predicted octanol–water partition coefficient (Wildman–Crippen LogP) is 3.17. The van der Waals surface area contributed by atoms with E-state index >= 15 is 0 Å². The molecule has 25 heavy (non-hydrogen) atoms. The van der Waals surface area contributed by atoms with Gasteiger partial charge in [-0.1, -0.05) is 18.2 Å². The van der Waals surface area contributed by atoms with Crippen molar-refractivity contribution >= 4 is 11.7 Å². The summed E-state index contributed by atoms with van der Waals surface area (Å²) in [5.74, 6) is 0. The molecule has 5 nitrogen and oxygen atoms in total. The highest BCUT2D eigenvalue weighted by atomic mass is 16.5. The van der Waals surface area contributed by atoms with Gasteiger partial charge in [-0.05, 0) is 49.7 Å². The van der Waals surface area contributed by atoms with Gasteiger partial charge in [-0.2, -0.15) is 0 Å². The van der Waals surface area contributed by atoms with Crippen LogP contribution < -0.4 is 10.2 Å². The number of urea groups is 1. The first kappa shape index (κ1) is 16.7. The third-order valence-electron chi connectivity index (χ3n) is 6.00. The Kier molecular flexibility index (Phi) is 4.59. The van der Waals surface area contributed by atoms with Crippen molar-refractivity contribution < 1.29 is 9.53 Å². The first-order valence-corrected chi connectivity index (χ1v) is 9.64. The van der Waals surface area contributed by atoms with E-state index in [0.717, 1.165) is 45.8 Å². The van der Waals surface area contributed by atoms with Crippen molar-refractivity contribution in [2.45, 2.75) is 38.6 Å². The predicted molar refractivity (Wildman–Crippen MR) is 98.9 cm³/mol. The molecule has 0 radical (unpaired) electrons. The van der Waals surface area contributed by atoms with Gasteiger partial charge in [-0.3, -0.25) is 0 Å². The van der Waals surface area contributed by atoms with E-state index in [9.17, 15) is 4.79 Å². The number of anilines is 1. The number of para-hydroxylation sites is 1. The summed E-state index contributed by atoms with van der Waals surface area (Å²) in [6.07, 6.45) is 5.04. The summed E-state index contributed by atoms with van der Waals surface area (Å²) < 4.78 is 5.47. The Bertz CT molecular complexity index is 623. The molecule has 1 aliphatic carbocycles. The quantitative estimate of drug-likeness (QED) is 0.917. The number of ether oxygens (including phenoxy) is 1. The van der Waals surface area contributed by atoms with Gasteiger partial charge in [0.15, 0.2) is 0 Å². The highest BCUT2D eigenvalue weighted by Crippen LogP contribution is 2.52. The number of carbonyl (C=O) groups is 1. The van der Waals surface area contributed by atoms with Crippen molar-refractivity contribution in [2.24, 2.45) is 5.41 Å². The van der Waals surface area contributed by atoms with Crippen molar-refractivity contribution in [3.63, 3.8) is 0 Å². The Morgan fingerprint density at radius 2 is 1.92 bits per heavy atom. The van der Waals surface area contributed by atoms with E-state index in [1.165, 1.54) is 30.5 Å². The van der Waals surface area contributed by atoms with Gasteiger partial charge in [0, 0.05) is 31.9 Å². The highest BCUT2D eigenvalue weighted by molar-refractivity contribution is 5.75. The minimum atomic E-state index is 0.00336. The van der Waals surface area contributed by atoms with Crippen LogP contribution >= 0.6 is 0 Å². The lowest BCUT2D eigenvalue weighted by molar-refractivity contribution is 0.122. The van der Waals surface area contributed by atoms with E-state index in [1.807, 2.05) is 4.90 Å². The maximum atomic E-state index is 12.8. The second kappa shape index (κ2) is 6.87. The molecule has 5 heteroatoms. The van der Waals surface area contributed by atoms with Crippen LogP contribution in [0.4, 0.5) is 10.5 Å². The van der Waals surface area contributed by atoms with Crippen LogP contribution in [0.3, 0.4) is 0 Å². The summed E-state index contributed by atoms with van der Waals surface area (Å²) in [4.78, 5) is 17.2. The molecule has 1 unspecified atom stereocenters. The van der Waals surface area contributed by atoms with E-state index in [2.05, 4.69) is 41.4 Å². The number of hydrogen-bond acceptors (Lipinski definition) is 3. The van der Waals surface area contributed by atoms with Gasteiger partial charge in [-0.25, -0.2) is 4.79 Å². The number of nitrogens with one attached hydrogen (secondary N) is 1. The molecule has 0 bridgehead atoms. The lowest BCUT2D eigenvalue weighted by Gasteiger charge is -2.35. The topological polar surface area (TPSA) is 44.8 Å². The summed E-state index contributed by atoms with van der Waals surface area (Å²) in [5.41, 5.74) is 2.87. The summed E-state index contributed by atoms with van der Waals surface area (Å²) in [6.45, 7) is 7.28. The fourth-order valence-electron chi connectivity index (χ4n) is 4.27. The van der Waals surface area contributed by atoms with E-state index in [0.29, 0.717) is 5.41 Å². The van der Waals surface area contributed by atoms with E-state index in [1.54, 1.807) is 0 Å². The van der Waals surface area contributed by atoms with Crippen LogP contribution in [0.25, 0.3) is 0 Å². The summed E-state index contributed by atoms with van der Waals surface area (Å²) in [6, 6.07) is 8.52. The molecule has 2 saturated heterocycles. The minimum Gasteiger partial charge on any atom is -0.378 e.